The predicted octanol–water partition coefficient (Wildman–Crippen LogP) is 3.87. The second kappa shape index (κ2) is 6.96. The first-order valence-electron chi connectivity index (χ1n) is 8.84. The minimum Gasteiger partial charge on any atom is -0.299 e. The maximum absolute atomic E-state index is 11.9. The number of piperidine rings is 1. The molecule has 0 amide bonds. The smallest absolute Gasteiger partial charge is 0.139 e. The van der Waals surface area contributed by atoms with Crippen LogP contribution in [0.25, 0.3) is 0 Å². The molecule has 1 heterocycles. The third-order valence-electron chi connectivity index (χ3n) is 4.93. The molecule has 0 spiro atoms. The molecule has 0 unspecified atom stereocenters. The number of rotatable bonds is 3. The average molecular weight is 312 g/mol. The maximum atomic E-state index is 11.9. The Morgan fingerprint density at radius 3 is 2.48 bits per heavy atom. The lowest BCUT2D eigenvalue weighted by Gasteiger charge is -2.33. The molecule has 124 valence electrons. The number of nitrogens with zero attached hydrogens (tertiary/aromatic N) is 2. The van der Waals surface area contributed by atoms with Gasteiger partial charge < -0.3 is 0 Å². The van der Waals surface area contributed by atoms with E-state index in [1.165, 1.54) is 5.56 Å². The molecule has 1 aliphatic carbocycles. The van der Waals surface area contributed by atoms with Crippen LogP contribution in [0.4, 0.5) is 0 Å². The highest BCUT2D eigenvalue weighted by molar-refractivity contribution is 6.04. The van der Waals surface area contributed by atoms with Crippen LogP contribution >= 0.6 is 0 Å². The molecule has 2 aliphatic rings. The fourth-order valence-electron chi connectivity index (χ4n) is 3.90. The number of Topliss-reactive ketones (excluding diaryl/α,β-unsaturated/α-hetero) is 1. The van der Waals surface area contributed by atoms with Gasteiger partial charge in [0.1, 0.15) is 5.78 Å². The lowest BCUT2D eigenvalue weighted by Crippen LogP contribution is -2.36. The summed E-state index contributed by atoms with van der Waals surface area (Å²) in [6, 6.07) is 11.1. The predicted molar refractivity (Wildman–Crippen MR) is 94.8 cm³/mol. The van der Waals surface area contributed by atoms with Gasteiger partial charge in [0.25, 0.3) is 0 Å². The van der Waals surface area contributed by atoms with Crippen LogP contribution in [0.3, 0.4) is 0 Å². The number of carbonyl (C=O) groups excluding carboxylic acids is 1. The zero-order chi connectivity index (χ0) is 16.3. The molecule has 0 bridgehead atoms. The van der Waals surface area contributed by atoms with Gasteiger partial charge in [-0.1, -0.05) is 44.2 Å². The van der Waals surface area contributed by atoms with E-state index in [0.29, 0.717) is 24.7 Å². The third kappa shape index (κ3) is 4.74. The number of ketones is 1. The summed E-state index contributed by atoms with van der Waals surface area (Å²) >= 11 is 0. The van der Waals surface area contributed by atoms with Crippen LogP contribution in [0.2, 0.25) is 0 Å². The van der Waals surface area contributed by atoms with Crippen molar-refractivity contribution in [2.45, 2.75) is 58.5 Å². The van der Waals surface area contributed by atoms with Gasteiger partial charge in [0, 0.05) is 38.2 Å². The van der Waals surface area contributed by atoms with Crippen molar-refractivity contribution in [3.8, 4) is 0 Å². The molecule has 0 N–H and O–H groups in total. The summed E-state index contributed by atoms with van der Waals surface area (Å²) in [5, 5.41) is 0. The zero-order valence-corrected chi connectivity index (χ0v) is 14.4. The van der Waals surface area contributed by atoms with Gasteiger partial charge in [0.15, 0.2) is 0 Å². The van der Waals surface area contributed by atoms with Crippen LogP contribution in [0, 0.1) is 5.41 Å². The molecular formula is C20H28N2O. The van der Waals surface area contributed by atoms with E-state index in [-0.39, 0.29) is 5.41 Å². The van der Waals surface area contributed by atoms with Crippen molar-refractivity contribution in [2.24, 2.45) is 10.4 Å². The molecule has 1 aromatic carbocycles. The SMILES string of the molecule is CC1(C)CC(=O)CC(=NC2CCN(Cc3ccccc3)CC2)C1. The van der Waals surface area contributed by atoms with Crippen molar-refractivity contribution in [3.63, 3.8) is 0 Å². The first-order chi connectivity index (χ1) is 11.0. The highest BCUT2D eigenvalue weighted by Crippen LogP contribution is 2.32. The Morgan fingerprint density at radius 2 is 1.83 bits per heavy atom. The minimum absolute atomic E-state index is 0.0994. The molecule has 3 nitrogen and oxygen atoms in total. The van der Waals surface area contributed by atoms with Gasteiger partial charge in [0.2, 0.25) is 0 Å². The number of likely N-dealkylation sites (tertiary alicyclic amines) is 1. The summed E-state index contributed by atoms with van der Waals surface area (Å²) < 4.78 is 0. The van der Waals surface area contributed by atoms with Gasteiger partial charge in [-0.25, -0.2) is 0 Å². The number of aliphatic imine (C=N–C) groups is 1. The highest BCUT2D eigenvalue weighted by Gasteiger charge is 2.31. The molecule has 1 aromatic rings. The summed E-state index contributed by atoms with van der Waals surface area (Å²) in [5.74, 6) is 0.363. The van der Waals surface area contributed by atoms with Gasteiger partial charge >= 0.3 is 0 Å². The third-order valence-corrected chi connectivity index (χ3v) is 4.93. The number of carbonyl (C=O) groups is 1. The molecule has 1 saturated heterocycles. The molecular weight excluding hydrogens is 284 g/mol. The fraction of sp³-hybridized carbons (Fsp3) is 0.600. The van der Waals surface area contributed by atoms with E-state index in [2.05, 4.69) is 49.1 Å². The maximum Gasteiger partial charge on any atom is 0.139 e. The van der Waals surface area contributed by atoms with E-state index < -0.39 is 0 Å². The van der Waals surface area contributed by atoms with Gasteiger partial charge in [-0.3, -0.25) is 14.7 Å². The van der Waals surface area contributed by atoms with Crippen molar-refractivity contribution in [2.75, 3.05) is 13.1 Å². The molecule has 2 fully saturated rings. The van der Waals surface area contributed by atoms with Crippen molar-refractivity contribution in [3.05, 3.63) is 35.9 Å². The Balaban J connectivity index is 1.53. The zero-order valence-electron chi connectivity index (χ0n) is 14.4. The molecule has 0 aromatic heterocycles. The van der Waals surface area contributed by atoms with E-state index >= 15 is 0 Å². The van der Waals surface area contributed by atoms with Crippen LogP contribution in [0.1, 0.15) is 51.5 Å². The Kier molecular flexibility index (Phi) is 4.96. The van der Waals surface area contributed by atoms with Crippen molar-refractivity contribution < 1.29 is 4.79 Å². The summed E-state index contributed by atoms with van der Waals surface area (Å²) in [4.78, 5) is 19.4. The Labute approximate surface area is 139 Å². The van der Waals surface area contributed by atoms with Crippen LogP contribution < -0.4 is 0 Å². The Hall–Kier alpha value is -1.48. The summed E-state index contributed by atoms with van der Waals surface area (Å²) in [7, 11) is 0. The van der Waals surface area contributed by atoms with Crippen molar-refractivity contribution in [1.29, 1.82) is 0 Å². The first kappa shape index (κ1) is 16.4. The Bertz CT molecular complexity index is 569. The molecule has 1 aliphatic heterocycles. The van der Waals surface area contributed by atoms with Crippen LogP contribution in [0.5, 0.6) is 0 Å². The number of hydrogen-bond donors (Lipinski definition) is 0. The monoisotopic (exact) mass is 312 g/mol. The lowest BCUT2D eigenvalue weighted by molar-refractivity contribution is -0.120. The second-order valence-electron chi connectivity index (χ2n) is 7.92. The standard InChI is InChI=1S/C20H28N2O/c1-20(2)13-18(12-19(23)14-20)21-17-8-10-22(11-9-17)15-16-6-4-3-5-7-16/h3-7,17H,8-15H2,1-2H3. The van der Waals surface area contributed by atoms with E-state index in [4.69, 9.17) is 4.99 Å². The second-order valence-corrected chi connectivity index (χ2v) is 7.92. The molecule has 3 heteroatoms. The summed E-state index contributed by atoms with van der Waals surface area (Å²) in [5.41, 5.74) is 2.63. The fourth-order valence-corrected chi connectivity index (χ4v) is 3.90. The highest BCUT2D eigenvalue weighted by atomic mass is 16.1. The van der Waals surface area contributed by atoms with Crippen molar-refractivity contribution in [1.82, 2.24) is 4.90 Å². The van der Waals surface area contributed by atoms with Gasteiger partial charge in [-0.2, -0.15) is 0 Å². The number of hydrogen-bond acceptors (Lipinski definition) is 3. The number of benzene rings is 1. The molecule has 0 radical (unpaired) electrons. The quantitative estimate of drug-likeness (QED) is 0.848. The van der Waals surface area contributed by atoms with E-state index in [9.17, 15) is 4.79 Å². The minimum atomic E-state index is 0.0994. The first-order valence-corrected chi connectivity index (χ1v) is 8.84. The molecule has 0 atom stereocenters. The molecule has 23 heavy (non-hydrogen) atoms. The van der Waals surface area contributed by atoms with Crippen LogP contribution in [-0.2, 0) is 11.3 Å². The largest absolute Gasteiger partial charge is 0.299 e. The lowest BCUT2D eigenvalue weighted by atomic mass is 9.76. The normalized spacial score (nSPS) is 25.0. The van der Waals surface area contributed by atoms with Gasteiger partial charge in [0.05, 0.1) is 6.04 Å². The molecule has 3 rings (SSSR count). The van der Waals surface area contributed by atoms with Gasteiger partial charge in [-0.05, 0) is 30.2 Å². The van der Waals surface area contributed by atoms with Gasteiger partial charge in [-0.15, -0.1) is 0 Å². The van der Waals surface area contributed by atoms with Crippen molar-refractivity contribution >= 4 is 11.5 Å². The van der Waals surface area contributed by atoms with Crippen LogP contribution in [-0.4, -0.2) is 35.5 Å². The van der Waals surface area contributed by atoms with E-state index in [1.54, 1.807) is 0 Å². The van der Waals surface area contributed by atoms with Crippen LogP contribution in [0.15, 0.2) is 35.3 Å². The van der Waals surface area contributed by atoms with E-state index in [0.717, 1.165) is 44.6 Å². The summed E-state index contributed by atoms with van der Waals surface area (Å²) in [6.45, 7) is 7.61. The summed E-state index contributed by atoms with van der Waals surface area (Å²) in [6.07, 6.45) is 4.52. The van der Waals surface area contributed by atoms with E-state index in [1.807, 2.05) is 0 Å². The Morgan fingerprint density at radius 1 is 1.13 bits per heavy atom. The average Bonchev–Trinajstić information content (AvgIpc) is 2.48. The molecule has 1 saturated carbocycles. The topological polar surface area (TPSA) is 32.7 Å².